The predicted molar refractivity (Wildman–Crippen MR) is 251 cm³/mol. The Kier molecular flexibility index (Phi) is 12.7. The molecule has 2 aromatic carbocycles. The van der Waals surface area contributed by atoms with Gasteiger partial charge in [-0.1, -0.05) is 12.1 Å². The average molecular weight is 919 g/mol. The van der Waals surface area contributed by atoms with Crippen LogP contribution in [0.3, 0.4) is 0 Å². The number of anilines is 1. The van der Waals surface area contributed by atoms with Crippen molar-refractivity contribution in [3.05, 3.63) is 94.6 Å². The van der Waals surface area contributed by atoms with Crippen molar-refractivity contribution in [2.75, 3.05) is 71.9 Å². The second-order valence-electron chi connectivity index (χ2n) is 17.7. The van der Waals surface area contributed by atoms with Gasteiger partial charge in [0, 0.05) is 112 Å². The van der Waals surface area contributed by atoms with Crippen LogP contribution in [0, 0.1) is 0 Å². The van der Waals surface area contributed by atoms with Crippen LogP contribution in [0.15, 0.2) is 76.5 Å². The molecule has 4 aliphatic heterocycles. The number of nitrogens with zero attached hydrogens (tertiary/aromatic N) is 9. The average Bonchev–Trinajstić information content (AvgIpc) is 4.17. The Labute approximate surface area is 387 Å². The third-order valence-electron chi connectivity index (χ3n) is 13.0. The van der Waals surface area contributed by atoms with E-state index in [1.54, 1.807) is 60.8 Å². The van der Waals surface area contributed by atoms with E-state index >= 15 is 0 Å². The maximum Gasteiger partial charge on any atom is 0.329 e. The molecule has 0 spiro atoms. The lowest BCUT2D eigenvalue weighted by molar-refractivity contribution is -0.136. The van der Waals surface area contributed by atoms with Crippen molar-refractivity contribution in [2.24, 2.45) is 7.05 Å². The van der Waals surface area contributed by atoms with E-state index in [0.717, 1.165) is 35.2 Å². The van der Waals surface area contributed by atoms with Gasteiger partial charge in [-0.15, -0.1) is 5.53 Å². The molecule has 0 radical (unpaired) electrons. The number of furan rings is 1. The Morgan fingerprint density at radius 3 is 2.58 bits per heavy atom. The molecule has 3 N–H and O–H groups in total. The smallest absolute Gasteiger partial charge is 0.329 e. The molecule has 9 rings (SSSR count). The number of imidazole rings is 1. The third kappa shape index (κ3) is 9.18. The Bertz CT molecular complexity index is 2870. The standard InChI is InChI=1S/C47H56N12O8.H2/c1-52(2)46(64)39-26-32-24-31(30-8-6-18-56(28-30)41(61)15-21-57-22-16-48-51-57)25-38(43(32)67-39)58-29-33(27-49-58)45(63)53(3)17-7-23-66-34-13-19-55(20-14-34)35-9-5-10-36-42(35)54(4)47(65)59(36)37-11-12-40(60)50-44(37)62;/h5,8-10,16,22,24-27,29,34,37,48,51H,6-7,11-15,17-21,23,28H2,1-4H3,(H,50,60,62);1H. The van der Waals surface area contributed by atoms with E-state index in [1.807, 2.05) is 46.4 Å². The number of fused-ring (bicyclic) bond motifs is 2. The SMILES string of the molecule is CN(C)C(=O)c1cc2cc(C3=CCCN(C(=O)CCN4C=CNN4)C3)cc(-n3cc(C(=O)N(C)CCCOC4CCN(c5cccc6c5n(C)c(=O)n6C5CCC(=O)NC5=O)CC4)cn3)c2o1.[HH]. The minimum Gasteiger partial charge on any atom is -0.449 e. The highest BCUT2D eigenvalue weighted by atomic mass is 16.5. The highest BCUT2D eigenvalue weighted by Gasteiger charge is 2.33. The molecule has 20 heteroatoms. The lowest BCUT2D eigenvalue weighted by Gasteiger charge is -2.34. The van der Waals surface area contributed by atoms with E-state index in [4.69, 9.17) is 9.15 Å². The summed E-state index contributed by atoms with van der Waals surface area (Å²) in [7, 11) is 6.79. The fraction of sp³-hybridized carbons (Fsp3) is 0.426. The normalized spacial score (nSPS) is 17.9. The summed E-state index contributed by atoms with van der Waals surface area (Å²) in [6, 6.07) is 10.6. The summed E-state index contributed by atoms with van der Waals surface area (Å²) >= 11 is 0. The Morgan fingerprint density at radius 2 is 1.82 bits per heavy atom. The van der Waals surface area contributed by atoms with Gasteiger partial charge in [-0.2, -0.15) is 5.10 Å². The van der Waals surface area contributed by atoms with Crippen molar-refractivity contribution in [3.8, 4) is 5.69 Å². The van der Waals surface area contributed by atoms with Crippen molar-refractivity contribution < 1.29 is 34.6 Å². The number of nitrogens with one attached hydrogen (secondary N) is 3. The zero-order chi connectivity index (χ0) is 46.9. The number of aromatic nitrogens is 4. The van der Waals surface area contributed by atoms with Gasteiger partial charge in [-0.25, -0.2) is 9.48 Å². The monoisotopic (exact) mass is 918 g/mol. The number of benzene rings is 2. The molecule has 0 saturated carbocycles. The molecule has 354 valence electrons. The fourth-order valence-electron chi connectivity index (χ4n) is 9.38. The van der Waals surface area contributed by atoms with Crippen LogP contribution in [-0.4, -0.2) is 141 Å². The molecule has 0 bridgehead atoms. The Hall–Kier alpha value is -7.19. The van der Waals surface area contributed by atoms with E-state index in [-0.39, 0.29) is 55.5 Å². The first kappa shape index (κ1) is 45.0. The second kappa shape index (κ2) is 19.0. The number of carbonyl (C=O) groups excluding carboxylic acids is 5. The van der Waals surface area contributed by atoms with Gasteiger partial charge in [-0.3, -0.25) is 43.4 Å². The molecular formula is C47H58N12O8. The number of aryl methyl sites for hydroxylation is 1. The molecule has 2 fully saturated rings. The van der Waals surface area contributed by atoms with Crippen molar-refractivity contribution in [3.63, 3.8) is 0 Å². The molecule has 7 heterocycles. The van der Waals surface area contributed by atoms with E-state index in [1.165, 1.54) is 15.7 Å². The maximum atomic E-state index is 13.7. The largest absolute Gasteiger partial charge is 0.449 e. The van der Waals surface area contributed by atoms with Crippen LogP contribution in [0.5, 0.6) is 0 Å². The number of piperidine rings is 2. The number of hydrogen-bond donors (Lipinski definition) is 3. The molecular weight excluding hydrogens is 861 g/mol. The van der Waals surface area contributed by atoms with Gasteiger partial charge < -0.3 is 34.2 Å². The number of para-hydroxylation sites is 1. The molecule has 4 aliphatic rings. The van der Waals surface area contributed by atoms with E-state index < -0.39 is 11.9 Å². The van der Waals surface area contributed by atoms with E-state index in [2.05, 4.69) is 32.4 Å². The molecule has 1 atom stereocenters. The Balaban J connectivity index is 0.00000625. The molecule has 1 unspecified atom stereocenters. The zero-order valence-electron chi connectivity index (χ0n) is 38.2. The quantitative estimate of drug-likeness (QED) is 0.108. The summed E-state index contributed by atoms with van der Waals surface area (Å²) < 4.78 is 17.2. The molecule has 3 aromatic heterocycles. The molecule has 67 heavy (non-hydrogen) atoms. The van der Waals surface area contributed by atoms with Gasteiger partial charge in [0.15, 0.2) is 11.3 Å². The highest BCUT2D eigenvalue weighted by Crippen LogP contribution is 2.34. The highest BCUT2D eigenvalue weighted by molar-refractivity contribution is 6.01. The molecule has 2 saturated heterocycles. The van der Waals surface area contributed by atoms with Gasteiger partial charge >= 0.3 is 5.69 Å². The lowest BCUT2D eigenvalue weighted by Crippen LogP contribution is -2.44. The van der Waals surface area contributed by atoms with Crippen molar-refractivity contribution in [1.82, 2.24) is 54.9 Å². The number of carbonyl (C=O) groups is 5. The van der Waals surface area contributed by atoms with Crippen LogP contribution in [0.4, 0.5) is 5.69 Å². The van der Waals surface area contributed by atoms with Crippen LogP contribution >= 0.6 is 0 Å². The topological polar surface area (TPSA) is 205 Å². The van der Waals surface area contributed by atoms with Gasteiger partial charge in [0.05, 0.1) is 34.6 Å². The van der Waals surface area contributed by atoms with Crippen LogP contribution in [0.25, 0.3) is 33.3 Å². The van der Waals surface area contributed by atoms with Crippen LogP contribution < -0.4 is 26.9 Å². The van der Waals surface area contributed by atoms with Crippen molar-refractivity contribution >= 4 is 62.8 Å². The molecule has 20 nitrogen and oxygen atoms in total. The van der Waals surface area contributed by atoms with Gasteiger partial charge in [0.2, 0.25) is 17.7 Å². The number of amides is 5. The molecule has 5 amide bonds. The second-order valence-corrected chi connectivity index (χ2v) is 17.7. The van der Waals surface area contributed by atoms with Gasteiger partial charge in [0.1, 0.15) is 11.7 Å². The maximum absolute atomic E-state index is 13.7. The minimum atomic E-state index is -0.746. The summed E-state index contributed by atoms with van der Waals surface area (Å²) in [5.74, 6) is -1.05. The van der Waals surface area contributed by atoms with Gasteiger partial charge in [-0.05, 0) is 73.6 Å². The number of rotatable bonds is 14. The van der Waals surface area contributed by atoms with Crippen molar-refractivity contribution in [2.45, 2.75) is 57.1 Å². The number of hydrazine groups is 2. The minimum absolute atomic E-state index is 0. The fourth-order valence-corrected chi connectivity index (χ4v) is 9.38. The summed E-state index contributed by atoms with van der Waals surface area (Å²) in [5.41, 5.74) is 11.1. The zero-order valence-corrected chi connectivity index (χ0v) is 38.2. The number of imide groups is 1. The number of hydrogen-bond acceptors (Lipinski definition) is 13. The predicted octanol–water partition coefficient (Wildman–Crippen LogP) is 3.15. The van der Waals surface area contributed by atoms with E-state index in [9.17, 15) is 28.8 Å². The van der Waals surface area contributed by atoms with Gasteiger partial charge in [0.25, 0.3) is 11.8 Å². The third-order valence-corrected chi connectivity index (χ3v) is 13.0. The summed E-state index contributed by atoms with van der Waals surface area (Å²) in [6.45, 7) is 3.93. The van der Waals surface area contributed by atoms with Crippen molar-refractivity contribution in [1.29, 1.82) is 0 Å². The summed E-state index contributed by atoms with van der Waals surface area (Å²) in [5, 5.41) is 9.48. The Morgan fingerprint density at radius 1 is 1.00 bits per heavy atom. The number of ether oxygens (including phenoxy) is 1. The summed E-state index contributed by atoms with van der Waals surface area (Å²) in [6.07, 6.45) is 12.7. The molecule has 5 aromatic rings. The van der Waals surface area contributed by atoms with Crippen LogP contribution in [0.1, 0.15) is 78.9 Å². The summed E-state index contributed by atoms with van der Waals surface area (Å²) in [4.78, 5) is 85.2. The van der Waals surface area contributed by atoms with E-state index in [0.29, 0.717) is 92.9 Å². The lowest BCUT2D eigenvalue weighted by atomic mass is 9.98. The first-order valence-electron chi connectivity index (χ1n) is 22.8. The van der Waals surface area contributed by atoms with Crippen LogP contribution in [-0.2, 0) is 26.2 Å². The first-order chi connectivity index (χ1) is 32.3. The van der Waals surface area contributed by atoms with Crippen LogP contribution in [0.2, 0.25) is 0 Å². The first-order valence-corrected chi connectivity index (χ1v) is 22.8. The molecule has 0 aliphatic carbocycles.